The molecule has 1 aromatic rings. The maximum atomic E-state index is 11.5. The Kier molecular flexibility index (Phi) is 5.82. The number of aliphatic imine (C=N–C) groups is 1. The zero-order valence-corrected chi connectivity index (χ0v) is 10.7. The molecule has 1 amide bonds. The maximum Gasteiger partial charge on any atom is 0.408 e. The van der Waals surface area contributed by atoms with Gasteiger partial charge in [0, 0.05) is 0 Å². The third-order valence-corrected chi connectivity index (χ3v) is 2.26. The number of guanidine groups is 1. The molecule has 0 saturated heterocycles. The number of carboxylic acids is 1. The van der Waals surface area contributed by atoms with Gasteiger partial charge in [-0.05, 0) is 5.56 Å². The minimum atomic E-state index is -1.26. The van der Waals surface area contributed by atoms with Gasteiger partial charge in [-0.15, -0.1) is 0 Å². The number of alkyl carbamates (subject to hydrolysis) is 1. The quantitative estimate of drug-likeness (QED) is 0.414. The van der Waals surface area contributed by atoms with Crippen LogP contribution < -0.4 is 16.8 Å². The fourth-order valence-corrected chi connectivity index (χ4v) is 1.29. The van der Waals surface area contributed by atoms with Gasteiger partial charge in [0.05, 0.1) is 6.54 Å². The molecule has 0 aliphatic carbocycles. The van der Waals surface area contributed by atoms with Crippen LogP contribution in [0.15, 0.2) is 35.3 Å². The summed E-state index contributed by atoms with van der Waals surface area (Å²) in [5.41, 5.74) is 11.0. The number of nitrogens with two attached hydrogens (primary N) is 2. The van der Waals surface area contributed by atoms with Crippen molar-refractivity contribution in [2.24, 2.45) is 16.5 Å². The first kappa shape index (κ1) is 15.3. The summed E-state index contributed by atoms with van der Waals surface area (Å²) in [5, 5.41) is 11.1. The van der Waals surface area contributed by atoms with E-state index in [1.807, 2.05) is 6.07 Å². The summed E-state index contributed by atoms with van der Waals surface area (Å²) in [6.45, 7) is -0.223. The number of carbonyl (C=O) groups is 2. The lowest BCUT2D eigenvalue weighted by atomic mass is 10.2. The van der Waals surface area contributed by atoms with Crippen LogP contribution in [0.2, 0.25) is 0 Å². The number of hydrogen-bond donors (Lipinski definition) is 4. The topological polar surface area (TPSA) is 140 Å². The minimum absolute atomic E-state index is 0.0430. The number of carbonyl (C=O) groups excluding carboxylic acids is 1. The van der Waals surface area contributed by atoms with E-state index in [-0.39, 0.29) is 19.1 Å². The van der Waals surface area contributed by atoms with Crippen molar-refractivity contribution in [1.82, 2.24) is 5.32 Å². The van der Waals surface area contributed by atoms with Gasteiger partial charge in [-0.1, -0.05) is 30.3 Å². The van der Waals surface area contributed by atoms with Crippen LogP contribution in [0.1, 0.15) is 5.56 Å². The Morgan fingerprint density at radius 1 is 1.30 bits per heavy atom. The molecule has 1 aromatic carbocycles. The summed E-state index contributed by atoms with van der Waals surface area (Å²) in [6.07, 6.45) is -0.855. The number of amides is 1. The van der Waals surface area contributed by atoms with E-state index in [1.165, 1.54) is 0 Å². The molecule has 8 heteroatoms. The molecule has 20 heavy (non-hydrogen) atoms. The smallest absolute Gasteiger partial charge is 0.408 e. The van der Waals surface area contributed by atoms with E-state index in [4.69, 9.17) is 21.3 Å². The predicted octanol–water partition coefficient (Wildman–Crippen LogP) is -0.361. The van der Waals surface area contributed by atoms with Gasteiger partial charge < -0.3 is 26.6 Å². The maximum absolute atomic E-state index is 11.5. The molecule has 0 radical (unpaired) electrons. The molecule has 0 heterocycles. The highest BCUT2D eigenvalue weighted by atomic mass is 16.5. The van der Waals surface area contributed by atoms with E-state index in [9.17, 15) is 9.59 Å². The molecule has 1 atom stereocenters. The molecule has 0 spiro atoms. The molecule has 0 aromatic heterocycles. The lowest BCUT2D eigenvalue weighted by Crippen LogP contribution is -2.43. The van der Waals surface area contributed by atoms with Crippen molar-refractivity contribution in [2.45, 2.75) is 12.6 Å². The lowest BCUT2D eigenvalue weighted by molar-refractivity contribution is -0.139. The van der Waals surface area contributed by atoms with Crippen molar-refractivity contribution in [3.63, 3.8) is 0 Å². The Balaban J connectivity index is 2.46. The Labute approximate surface area is 115 Å². The molecule has 0 saturated carbocycles. The van der Waals surface area contributed by atoms with Crippen molar-refractivity contribution >= 4 is 18.0 Å². The minimum Gasteiger partial charge on any atom is -0.480 e. The predicted molar refractivity (Wildman–Crippen MR) is 71.9 cm³/mol. The molecule has 0 bridgehead atoms. The number of nitrogens with one attached hydrogen (secondary N) is 1. The Bertz CT molecular complexity index is 485. The van der Waals surface area contributed by atoms with Crippen LogP contribution in [0.4, 0.5) is 4.79 Å². The SMILES string of the molecule is NC(N)=NC[C@H](NC(=O)OCc1ccccc1)C(=O)O. The van der Waals surface area contributed by atoms with Gasteiger partial charge in [0.15, 0.2) is 5.96 Å². The van der Waals surface area contributed by atoms with Gasteiger partial charge in [-0.3, -0.25) is 4.99 Å². The number of nitrogens with zero attached hydrogens (tertiary/aromatic N) is 1. The van der Waals surface area contributed by atoms with Crippen LogP contribution in [-0.4, -0.2) is 35.7 Å². The summed E-state index contributed by atoms with van der Waals surface area (Å²) < 4.78 is 4.89. The molecule has 108 valence electrons. The number of aliphatic carboxylic acids is 1. The highest BCUT2D eigenvalue weighted by Gasteiger charge is 2.20. The average molecular weight is 280 g/mol. The van der Waals surface area contributed by atoms with E-state index < -0.39 is 18.1 Å². The summed E-state index contributed by atoms with van der Waals surface area (Å²) in [4.78, 5) is 25.9. The first-order valence-corrected chi connectivity index (χ1v) is 5.74. The summed E-state index contributed by atoms with van der Waals surface area (Å²) in [5.74, 6) is -1.51. The monoisotopic (exact) mass is 280 g/mol. The van der Waals surface area contributed by atoms with Crippen LogP contribution in [0.3, 0.4) is 0 Å². The zero-order chi connectivity index (χ0) is 15.0. The van der Waals surface area contributed by atoms with Crippen molar-refractivity contribution in [3.8, 4) is 0 Å². The van der Waals surface area contributed by atoms with Crippen molar-refractivity contribution in [2.75, 3.05) is 6.54 Å². The summed E-state index contributed by atoms with van der Waals surface area (Å²) in [6, 6.07) is 7.74. The first-order valence-electron chi connectivity index (χ1n) is 5.74. The third-order valence-electron chi connectivity index (χ3n) is 2.26. The molecular weight excluding hydrogens is 264 g/mol. The molecular formula is C12H16N4O4. The lowest BCUT2D eigenvalue weighted by Gasteiger charge is -2.12. The first-order chi connectivity index (χ1) is 9.49. The fourth-order valence-electron chi connectivity index (χ4n) is 1.29. The van der Waals surface area contributed by atoms with Gasteiger partial charge >= 0.3 is 12.1 Å². The highest BCUT2D eigenvalue weighted by molar-refractivity contribution is 5.81. The van der Waals surface area contributed by atoms with Gasteiger partial charge in [-0.2, -0.15) is 0 Å². The highest BCUT2D eigenvalue weighted by Crippen LogP contribution is 2.00. The average Bonchev–Trinajstić information content (AvgIpc) is 2.41. The van der Waals surface area contributed by atoms with E-state index in [1.54, 1.807) is 24.3 Å². The van der Waals surface area contributed by atoms with Crippen LogP contribution >= 0.6 is 0 Å². The molecule has 0 aliphatic heterocycles. The summed E-state index contributed by atoms with van der Waals surface area (Å²) in [7, 11) is 0. The second kappa shape index (κ2) is 7.62. The second-order valence-corrected chi connectivity index (χ2v) is 3.86. The van der Waals surface area contributed by atoms with Crippen LogP contribution in [-0.2, 0) is 16.1 Å². The molecule has 8 nitrogen and oxygen atoms in total. The van der Waals surface area contributed by atoms with Crippen LogP contribution in [0.25, 0.3) is 0 Å². The number of benzene rings is 1. The fraction of sp³-hybridized carbons (Fsp3) is 0.250. The third kappa shape index (κ3) is 5.71. The summed E-state index contributed by atoms with van der Waals surface area (Å²) >= 11 is 0. The molecule has 0 fully saturated rings. The zero-order valence-electron chi connectivity index (χ0n) is 10.7. The number of rotatable bonds is 6. The van der Waals surface area contributed by atoms with Gasteiger partial charge in [0.25, 0.3) is 0 Å². The largest absolute Gasteiger partial charge is 0.480 e. The normalized spacial score (nSPS) is 11.2. The van der Waals surface area contributed by atoms with Crippen molar-refractivity contribution in [3.05, 3.63) is 35.9 Å². The van der Waals surface area contributed by atoms with E-state index in [0.717, 1.165) is 5.56 Å². The number of carboxylic acid groups (broad SMARTS) is 1. The van der Waals surface area contributed by atoms with Crippen LogP contribution in [0.5, 0.6) is 0 Å². The number of ether oxygens (including phenoxy) is 1. The Hall–Kier alpha value is -2.77. The van der Waals surface area contributed by atoms with Gasteiger partial charge in [0.1, 0.15) is 12.6 Å². The van der Waals surface area contributed by atoms with E-state index >= 15 is 0 Å². The second-order valence-electron chi connectivity index (χ2n) is 3.86. The van der Waals surface area contributed by atoms with Gasteiger partial charge in [0.2, 0.25) is 0 Å². The molecule has 1 rings (SSSR count). The van der Waals surface area contributed by atoms with E-state index in [0.29, 0.717) is 0 Å². The molecule has 0 aliphatic rings. The van der Waals surface area contributed by atoms with Crippen molar-refractivity contribution in [1.29, 1.82) is 0 Å². The Morgan fingerprint density at radius 2 is 1.95 bits per heavy atom. The van der Waals surface area contributed by atoms with Crippen molar-refractivity contribution < 1.29 is 19.4 Å². The number of hydrogen-bond acceptors (Lipinski definition) is 4. The van der Waals surface area contributed by atoms with E-state index in [2.05, 4.69) is 10.3 Å². The van der Waals surface area contributed by atoms with Gasteiger partial charge in [-0.25, -0.2) is 9.59 Å². The molecule has 0 unspecified atom stereocenters. The Morgan fingerprint density at radius 3 is 2.50 bits per heavy atom. The molecule has 6 N–H and O–H groups in total. The standard InChI is InChI=1S/C12H16N4O4/c13-11(14)15-6-9(10(17)18)16-12(19)20-7-8-4-2-1-3-5-8/h1-5,9H,6-7H2,(H,16,19)(H,17,18)(H4,13,14,15)/t9-/m0/s1. The van der Waals surface area contributed by atoms with Crippen LogP contribution in [0, 0.1) is 0 Å².